The van der Waals surface area contributed by atoms with Gasteiger partial charge in [0, 0.05) is 17.5 Å². The van der Waals surface area contributed by atoms with Gasteiger partial charge in [0.15, 0.2) is 0 Å². The molecule has 0 saturated heterocycles. The number of hydrogen-bond donors (Lipinski definition) is 0. The second kappa shape index (κ2) is 4.57. The van der Waals surface area contributed by atoms with Crippen molar-refractivity contribution < 1.29 is 18.1 Å². The largest absolute Gasteiger partial charge is 0.416 e. The number of alkyl halides is 3. The Bertz CT molecular complexity index is 455. The molecule has 0 bridgehead atoms. The quantitative estimate of drug-likeness (QED) is 0.600. The van der Waals surface area contributed by atoms with E-state index in [0.29, 0.717) is 12.0 Å². The first-order valence-electron chi connectivity index (χ1n) is 4.59. The lowest BCUT2D eigenvalue weighted by atomic mass is 9.97. The van der Waals surface area contributed by atoms with Crippen LogP contribution in [0.2, 0.25) is 0 Å². The van der Waals surface area contributed by atoms with Gasteiger partial charge in [0.25, 0.3) is 5.69 Å². The molecule has 0 fully saturated rings. The van der Waals surface area contributed by atoms with Crippen LogP contribution >= 0.6 is 0 Å². The first-order chi connectivity index (χ1) is 7.77. The third kappa shape index (κ3) is 2.83. The molecule has 0 atom stereocenters. The summed E-state index contributed by atoms with van der Waals surface area (Å²) in [7, 11) is 0. The molecule has 0 aliphatic rings. The lowest BCUT2D eigenvalue weighted by Crippen LogP contribution is -2.07. The highest BCUT2D eigenvalue weighted by atomic mass is 19.4. The number of halogens is 3. The zero-order chi connectivity index (χ0) is 13.2. The molecular weight excluding hydrogens is 235 g/mol. The Hall–Kier alpha value is -1.85. The van der Waals surface area contributed by atoms with Crippen molar-refractivity contribution >= 4 is 5.69 Å². The van der Waals surface area contributed by atoms with Gasteiger partial charge >= 0.3 is 6.18 Å². The minimum Gasteiger partial charge on any atom is -0.258 e. The molecular formula is C11H9F3NO2. The Morgan fingerprint density at radius 1 is 1.47 bits per heavy atom. The number of rotatable bonds is 3. The van der Waals surface area contributed by atoms with E-state index in [2.05, 4.69) is 6.58 Å². The van der Waals surface area contributed by atoms with Crippen LogP contribution in [0.3, 0.4) is 0 Å². The third-order valence-corrected chi connectivity index (χ3v) is 2.25. The van der Waals surface area contributed by atoms with Crippen molar-refractivity contribution in [3.05, 3.63) is 58.0 Å². The first-order valence-corrected chi connectivity index (χ1v) is 4.59. The Kier molecular flexibility index (Phi) is 3.55. The van der Waals surface area contributed by atoms with E-state index < -0.39 is 16.7 Å². The highest BCUT2D eigenvalue weighted by molar-refractivity contribution is 5.53. The molecule has 0 N–H and O–H groups in total. The molecule has 1 radical (unpaired) electrons. The van der Waals surface area contributed by atoms with Crippen LogP contribution in [0.15, 0.2) is 30.9 Å². The average Bonchev–Trinajstić information content (AvgIpc) is 2.25. The van der Waals surface area contributed by atoms with E-state index in [0.717, 1.165) is 12.1 Å². The van der Waals surface area contributed by atoms with E-state index in [4.69, 9.17) is 0 Å². The third-order valence-electron chi connectivity index (χ3n) is 2.25. The summed E-state index contributed by atoms with van der Waals surface area (Å²) in [5, 5.41) is 10.7. The standard InChI is InChI=1S/C11H9F3NO2/c1-3-7(2)9-6-8(11(12,13)14)4-5-10(9)15(16)17/h3-6H,1H2,2H3. The summed E-state index contributed by atoms with van der Waals surface area (Å²) in [6.07, 6.45) is -3.24. The number of benzene rings is 1. The molecule has 0 heterocycles. The van der Waals surface area contributed by atoms with Crippen molar-refractivity contribution in [2.45, 2.75) is 13.1 Å². The average molecular weight is 244 g/mol. The molecule has 0 aliphatic carbocycles. The van der Waals surface area contributed by atoms with Crippen molar-refractivity contribution in [3.63, 3.8) is 0 Å². The van der Waals surface area contributed by atoms with Crippen LogP contribution in [-0.2, 0) is 6.18 Å². The van der Waals surface area contributed by atoms with Crippen LogP contribution in [0.1, 0.15) is 18.1 Å². The summed E-state index contributed by atoms with van der Waals surface area (Å²) in [4.78, 5) is 9.96. The minimum absolute atomic E-state index is 0.0696. The molecule has 17 heavy (non-hydrogen) atoms. The van der Waals surface area contributed by atoms with Crippen LogP contribution in [0.5, 0.6) is 0 Å². The zero-order valence-corrected chi connectivity index (χ0v) is 8.91. The molecule has 3 nitrogen and oxygen atoms in total. The number of hydrogen-bond acceptors (Lipinski definition) is 2. The van der Waals surface area contributed by atoms with Crippen molar-refractivity contribution in [1.82, 2.24) is 0 Å². The van der Waals surface area contributed by atoms with Gasteiger partial charge in [0.1, 0.15) is 0 Å². The van der Waals surface area contributed by atoms with E-state index in [1.165, 1.54) is 13.0 Å². The topological polar surface area (TPSA) is 43.1 Å². The summed E-state index contributed by atoms with van der Waals surface area (Å²) in [6.45, 7) is 4.86. The highest BCUT2D eigenvalue weighted by Gasteiger charge is 2.32. The predicted molar refractivity (Wildman–Crippen MR) is 56.3 cm³/mol. The monoisotopic (exact) mass is 244 g/mol. The summed E-state index contributed by atoms with van der Waals surface area (Å²) in [5.41, 5.74) is -1.35. The van der Waals surface area contributed by atoms with Gasteiger partial charge in [-0.25, -0.2) is 0 Å². The van der Waals surface area contributed by atoms with Gasteiger partial charge in [0.05, 0.1) is 10.5 Å². The minimum atomic E-state index is -4.52. The van der Waals surface area contributed by atoms with Crippen LogP contribution in [-0.4, -0.2) is 4.92 Å². The fourth-order valence-electron chi connectivity index (χ4n) is 1.30. The van der Waals surface area contributed by atoms with E-state index >= 15 is 0 Å². The molecule has 1 aromatic rings. The van der Waals surface area contributed by atoms with Gasteiger partial charge in [0.2, 0.25) is 0 Å². The molecule has 0 saturated carbocycles. The van der Waals surface area contributed by atoms with E-state index in [1.54, 1.807) is 0 Å². The maximum atomic E-state index is 12.5. The normalized spacial score (nSPS) is 11.6. The lowest BCUT2D eigenvalue weighted by Gasteiger charge is -2.11. The van der Waals surface area contributed by atoms with Gasteiger partial charge < -0.3 is 0 Å². The van der Waals surface area contributed by atoms with E-state index in [1.807, 2.05) is 0 Å². The lowest BCUT2D eigenvalue weighted by molar-refractivity contribution is -0.385. The van der Waals surface area contributed by atoms with Crippen LogP contribution in [0.25, 0.3) is 0 Å². The van der Waals surface area contributed by atoms with Crippen molar-refractivity contribution in [1.29, 1.82) is 0 Å². The second-order valence-corrected chi connectivity index (χ2v) is 3.37. The molecule has 1 rings (SSSR count). The number of allylic oxidation sites excluding steroid dienone is 1. The fourth-order valence-corrected chi connectivity index (χ4v) is 1.30. The first kappa shape index (κ1) is 13.2. The molecule has 0 aromatic heterocycles. The van der Waals surface area contributed by atoms with E-state index in [9.17, 15) is 23.3 Å². The molecule has 6 heteroatoms. The Morgan fingerprint density at radius 3 is 2.47 bits per heavy atom. The maximum Gasteiger partial charge on any atom is 0.416 e. The Balaban J connectivity index is 3.39. The van der Waals surface area contributed by atoms with Gasteiger partial charge in [-0.05, 0) is 12.1 Å². The molecule has 0 spiro atoms. The molecule has 0 aliphatic heterocycles. The highest BCUT2D eigenvalue weighted by Crippen LogP contribution is 2.35. The number of nitro benzene ring substituents is 1. The van der Waals surface area contributed by atoms with Gasteiger partial charge in [-0.2, -0.15) is 13.2 Å². The molecule has 1 aromatic carbocycles. The summed E-state index contributed by atoms with van der Waals surface area (Å²) >= 11 is 0. The number of nitrogens with zero attached hydrogens (tertiary/aromatic N) is 1. The second-order valence-electron chi connectivity index (χ2n) is 3.37. The van der Waals surface area contributed by atoms with Gasteiger partial charge in [-0.15, -0.1) is 6.58 Å². The summed E-state index contributed by atoms with van der Waals surface area (Å²) in [6, 6.07) is 2.30. The van der Waals surface area contributed by atoms with Crippen molar-refractivity contribution in [2.24, 2.45) is 0 Å². The van der Waals surface area contributed by atoms with Gasteiger partial charge in [-0.1, -0.05) is 13.0 Å². The molecule has 91 valence electrons. The predicted octanol–water partition coefficient (Wildman–Crippen LogP) is 3.74. The fraction of sp³-hybridized carbons (Fsp3) is 0.182. The SMILES string of the molecule is C=C[C](C)c1cc(C(F)(F)F)ccc1[N+](=O)[O-]. The van der Waals surface area contributed by atoms with Crippen LogP contribution in [0.4, 0.5) is 18.9 Å². The Labute approximate surface area is 95.7 Å². The zero-order valence-electron chi connectivity index (χ0n) is 8.91. The Morgan fingerprint density at radius 2 is 2.06 bits per heavy atom. The van der Waals surface area contributed by atoms with E-state index in [-0.39, 0.29) is 11.3 Å². The maximum absolute atomic E-state index is 12.5. The summed E-state index contributed by atoms with van der Waals surface area (Å²) in [5.74, 6) is 0.322. The van der Waals surface area contributed by atoms with Crippen molar-refractivity contribution in [2.75, 3.05) is 0 Å². The smallest absolute Gasteiger partial charge is 0.258 e. The van der Waals surface area contributed by atoms with Crippen LogP contribution < -0.4 is 0 Å². The summed E-state index contributed by atoms with van der Waals surface area (Å²) < 4.78 is 37.4. The van der Waals surface area contributed by atoms with Crippen LogP contribution in [0, 0.1) is 16.0 Å². The molecule has 0 amide bonds. The number of nitro groups is 1. The van der Waals surface area contributed by atoms with Gasteiger partial charge in [-0.3, -0.25) is 10.1 Å². The van der Waals surface area contributed by atoms with Crippen molar-refractivity contribution in [3.8, 4) is 0 Å². The molecule has 0 unspecified atom stereocenters.